The molecule has 0 aliphatic heterocycles. The number of nitrogens with one attached hydrogen (secondary N) is 1. The van der Waals surface area contributed by atoms with Crippen LogP contribution in [0.2, 0.25) is 0 Å². The van der Waals surface area contributed by atoms with Crippen molar-refractivity contribution in [2.24, 2.45) is 0 Å². The summed E-state index contributed by atoms with van der Waals surface area (Å²) in [4.78, 5) is 4.17. The second-order valence-electron chi connectivity index (χ2n) is 5.07. The summed E-state index contributed by atoms with van der Waals surface area (Å²) in [6.45, 7) is 6.37. The van der Waals surface area contributed by atoms with Crippen molar-refractivity contribution in [3.05, 3.63) is 42.2 Å². The van der Waals surface area contributed by atoms with Gasteiger partial charge in [0.05, 0.1) is 36.1 Å². The Labute approximate surface area is 118 Å². The number of hydrogen-bond acceptors (Lipinski definition) is 3. The first-order valence-electron chi connectivity index (χ1n) is 6.64. The summed E-state index contributed by atoms with van der Waals surface area (Å²) in [6.07, 6.45) is 3.47. The minimum absolute atomic E-state index is 0.258. The predicted molar refractivity (Wildman–Crippen MR) is 76.8 cm³/mol. The zero-order chi connectivity index (χ0) is 14.8. The van der Waals surface area contributed by atoms with Gasteiger partial charge in [0.15, 0.2) is 11.6 Å². The van der Waals surface area contributed by atoms with E-state index in [9.17, 15) is 4.39 Å². The molecule has 4 nitrogen and oxygen atoms in total. The van der Waals surface area contributed by atoms with Gasteiger partial charge in [-0.3, -0.25) is 0 Å². The van der Waals surface area contributed by atoms with Crippen LogP contribution in [0.3, 0.4) is 0 Å². The molecule has 2 aromatic rings. The van der Waals surface area contributed by atoms with Crippen LogP contribution in [0.5, 0.6) is 5.75 Å². The summed E-state index contributed by atoms with van der Waals surface area (Å²) in [5.41, 5.74) is 1.43. The summed E-state index contributed by atoms with van der Waals surface area (Å²) < 4.78 is 21.1. The van der Waals surface area contributed by atoms with Crippen molar-refractivity contribution in [1.82, 2.24) is 14.9 Å². The maximum atomic E-state index is 14.0. The van der Waals surface area contributed by atoms with Crippen LogP contribution < -0.4 is 10.1 Å². The SMILES string of the molecule is CCOc1ccc(-n2cncc2C(C)(C)NC)cc1F. The van der Waals surface area contributed by atoms with E-state index in [1.165, 1.54) is 6.07 Å². The van der Waals surface area contributed by atoms with E-state index in [-0.39, 0.29) is 17.1 Å². The molecule has 0 aliphatic rings. The average Bonchev–Trinajstić information content (AvgIpc) is 2.91. The normalized spacial score (nSPS) is 11.7. The number of aromatic nitrogens is 2. The number of rotatable bonds is 5. The molecule has 0 radical (unpaired) electrons. The monoisotopic (exact) mass is 277 g/mol. The zero-order valence-electron chi connectivity index (χ0n) is 12.3. The molecule has 0 bridgehead atoms. The predicted octanol–water partition coefficient (Wildman–Crippen LogP) is 2.86. The van der Waals surface area contributed by atoms with E-state index in [1.807, 2.05) is 38.5 Å². The van der Waals surface area contributed by atoms with Gasteiger partial charge in [-0.2, -0.15) is 0 Å². The van der Waals surface area contributed by atoms with Crippen molar-refractivity contribution >= 4 is 0 Å². The Hall–Kier alpha value is -1.88. The fourth-order valence-electron chi connectivity index (χ4n) is 2.00. The zero-order valence-corrected chi connectivity index (χ0v) is 12.3. The Balaban J connectivity index is 2.43. The van der Waals surface area contributed by atoms with E-state index in [2.05, 4.69) is 10.3 Å². The lowest BCUT2D eigenvalue weighted by molar-refractivity contribution is 0.321. The van der Waals surface area contributed by atoms with E-state index >= 15 is 0 Å². The molecule has 108 valence electrons. The van der Waals surface area contributed by atoms with E-state index in [1.54, 1.807) is 18.6 Å². The molecule has 0 saturated carbocycles. The molecule has 1 aromatic heterocycles. The van der Waals surface area contributed by atoms with Crippen molar-refractivity contribution < 1.29 is 9.13 Å². The van der Waals surface area contributed by atoms with E-state index < -0.39 is 0 Å². The van der Waals surface area contributed by atoms with Gasteiger partial charge in [0.2, 0.25) is 0 Å². The van der Waals surface area contributed by atoms with Crippen LogP contribution in [0.4, 0.5) is 4.39 Å². The second kappa shape index (κ2) is 5.63. The van der Waals surface area contributed by atoms with Crippen molar-refractivity contribution in [2.45, 2.75) is 26.3 Å². The number of benzene rings is 1. The molecule has 0 saturated heterocycles. The van der Waals surface area contributed by atoms with Gasteiger partial charge in [0.1, 0.15) is 0 Å². The molecule has 0 aliphatic carbocycles. The Kier molecular flexibility index (Phi) is 4.09. The standard InChI is InChI=1S/C15H20FN3O/c1-5-20-13-7-6-11(8-12(13)16)19-10-18-9-14(19)15(2,3)17-4/h6-10,17H,5H2,1-4H3. The van der Waals surface area contributed by atoms with Crippen LogP contribution in [0.25, 0.3) is 5.69 Å². The maximum absolute atomic E-state index is 14.0. The fraction of sp³-hybridized carbons (Fsp3) is 0.400. The summed E-state index contributed by atoms with van der Waals surface area (Å²) in [5.74, 6) is -0.0999. The molecule has 1 heterocycles. The average molecular weight is 277 g/mol. The third-order valence-electron chi connectivity index (χ3n) is 3.40. The quantitative estimate of drug-likeness (QED) is 0.913. The summed E-state index contributed by atoms with van der Waals surface area (Å²) >= 11 is 0. The largest absolute Gasteiger partial charge is 0.491 e. The van der Waals surface area contributed by atoms with Gasteiger partial charge in [-0.05, 0) is 40.0 Å². The number of nitrogens with zero attached hydrogens (tertiary/aromatic N) is 2. The van der Waals surface area contributed by atoms with E-state index in [0.29, 0.717) is 6.61 Å². The molecule has 0 atom stereocenters. The van der Waals surface area contributed by atoms with Gasteiger partial charge in [0.25, 0.3) is 0 Å². The summed E-state index contributed by atoms with van der Waals surface area (Å²) in [6, 6.07) is 4.93. The fourth-order valence-corrected chi connectivity index (χ4v) is 2.00. The number of halogens is 1. The molecule has 5 heteroatoms. The van der Waals surface area contributed by atoms with Crippen molar-refractivity contribution in [2.75, 3.05) is 13.7 Å². The third-order valence-corrected chi connectivity index (χ3v) is 3.40. The molecular weight excluding hydrogens is 257 g/mol. The Morgan fingerprint density at radius 2 is 2.15 bits per heavy atom. The van der Waals surface area contributed by atoms with Gasteiger partial charge in [-0.15, -0.1) is 0 Å². The third kappa shape index (κ3) is 2.67. The Bertz CT molecular complexity index is 593. The van der Waals surface area contributed by atoms with Gasteiger partial charge >= 0.3 is 0 Å². The molecular formula is C15H20FN3O. The molecule has 0 spiro atoms. The van der Waals surface area contributed by atoms with Crippen molar-refractivity contribution in [3.63, 3.8) is 0 Å². The summed E-state index contributed by atoms with van der Waals surface area (Å²) in [7, 11) is 1.89. The first-order valence-corrected chi connectivity index (χ1v) is 6.64. The lowest BCUT2D eigenvalue weighted by Crippen LogP contribution is -2.35. The van der Waals surface area contributed by atoms with Crippen LogP contribution in [-0.2, 0) is 5.54 Å². The highest BCUT2D eigenvalue weighted by molar-refractivity contribution is 5.40. The molecule has 0 unspecified atom stereocenters. The highest BCUT2D eigenvalue weighted by Crippen LogP contribution is 2.25. The number of hydrogen-bond donors (Lipinski definition) is 1. The van der Waals surface area contributed by atoms with Crippen LogP contribution >= 0.6 is 0 Å². The number of imidazole rings is 1. The first kappa shape index (κ1) is 14.5. The Morgan fingerprint density at radius 3 is 2.75 bits per heavy atom. The molecule has 0 fully saturated rings. The maximum Gasteiger partial charge on any atom is 0.167 e. The molecule has 1 N–H and O–H groups in total. The lowest BCUT2D eigenvalue weighted by Gasteiger charge is -2.25. The smallest absolute Gasteiger partial charge is 0.167 e. The van der Waals surface area contributed by atoms with Gasteiger partial charge in [0, 0.05) is 6.07 Å². The highest BCUT2D eigenvalue weighted by atomic mass is 19.1. The van der Waals surface area contributed by atoms with E-state index in [4.69, 9.17) is 4.74 Å². The molecule has 1 aromatic carbocycles. The Morgan fingerprint density at radius 1 is 1.40 bits per heavy atom. The van der Waals surface area contributed by atoms with Gasteiger partial charge < -0.3 is 14.6 Å². The molecule has 20 heavy (non-hydrogen) atoms. The van der Waals surface area contributed by atoms with Crippen LogP contribution in [-0.4, -0.2) is 23.2 Å². The first-order chi connectivity index (χ1) is 9.49. The minimum Gasteiger partial charge on any atom is -0.491 e. The lowest BCUT2D eigenvalue weighted by atomic mass is 10.0. The van der Waals surface area contributed by atoms with Gasteiger partial charge in [-0.25, -0.2) is 9.37 Å². The highest BCUT2D eigenvalue weighted by Gasteiger charge is 2.23. The van der Waals surface area contributed by atoms with Crippen molar-refractivity contribution in [1.29, 1.82) is 0 Å². The van der Waals surface area contributed by atoms with E-state index in [0.717, 1.165) is 11.4 Å². The van der Waals surface area contributed by atoms with Crippen molar-refractivity contribution in [3.8, 4) is 11.4 Å². The van der Waals surface area contributed by atoms with Crippen LogP contribution in [0.1, 0.15) is 26.5 Å². The minimum atomic E-state index is -0.369. The second-order valence-corrected chi connectivity index (χ2v) is 5.07. The van der Waals surface area contributed by atoms with Gasteiger partial charge in [-0.1, -0.05) is 0 Å². The molecule has 0 amide bonds. The van der Waals surface area contributed by atoms with Crippen LogP contribution in [0, 0.1) is 5.82 Å². The topological polar surface area (TPSA) is 39.1 Å². The number of ether oxygens (including phenoxy) is 1. The summed E-state index contributed by atoms with van der Waals surface area (Å²) in [5, 5.41) is 3.22. The molecule has 2 rings (SSSR count). The van der Waals surface area contributed by atoms with Crippen LogP contribution in [0.15, 0.2) is 30.7 Å².